The maximum Gasteiger partial charge on any atom is 0.534 e. The third kappa shape index (κ3) is 7.02. The molecule has 2 aromatic heterocycles. The van der Waals surface area contributed by atoms with Gasteiger partial charge in [-0.05, 0) is 106 Å². The van der Waals surface area contributed by atoms with Crippen LogP contribution in [0.5, 0.6) is 0 Å². The van der Waals surface area contributed by atoms with Gasteiger partial charge in [0.05, 0.1) is 34.8 Å². The number of aromatic nitrogens is 4. The molecule has 10 nitrogen and oxygen atoms in total. The van der Waals surface area contributed by atoms with Crippen molar-refractivity contribution in [3.8, 4) is 6.07 Å². The van der Waals surface area contributed by atoms with Gasteiger partial charge in [-0.3, -0.25) is 0 Å². The molecule has 0 radical (unpaired) electrons. The highest BCUT2D eigenvalue weighted by molar-refractivity contribution is 7.87. The summed E-state index contributed by atoms with van der Waals surface area (Å²) in [4.78, 5) is 0. The van der Waals surface area contributed by atoms with Crippen molar-refractivity contribution in [3.05, 3.63) is 81.9 Å². The molecular formula is C33H36F3N5O5S. The van der Waals surface area contributed by atoms with Crippen LogP contribution >= 0.6 is 0 Å². The predicted molar refractivity (Wildman–Crippen MR) is 166 cm³/mol. The number of nitrogens with zero attached hydrogens (tertiary/aromatic N) is 5. The second-order valence-electron chi connectivity index (χ2n) is 11.9. The van der Waals surface area contributed by atoms with Crippen molar-refractivity contribution in [3.63, 3.8) is 0 Å². The maximum absolute atomic E-state index is 12.5. The highest BCUT2D eigenvalue weighted by Crippen LogP contribution is 2.37. The topological polar surface area (TPSA) is 121 Å². The lowest BCUT2D eigenvalue weighted by Crippen LogP contribution is -2.26. The third-order valence-electron chi connectivity index (χ3n) is 8.71. The zero-order chi connectivity index (χ0) is 33.2. The minimum Gasteiger partial charge on any atom is -0.376 e. The largest absolute Gasteiger partial charge is 0.534 e. The lowest BCUT2D eigenvalue weighted by Gasteiger charge is -2.25. The highest BCUT2D eigenvalue weighted by Gasteiger charge is 2.49. The Morgan fingerprint density at radius 1 is 0.979 bits per heavy atom. The summed E-state index contributed by atoms with van der Waals surface area (Å²) in [5, 5.41) is 18.0. The van der Waals surface area contributed by atoms with E-state index in [0.29, 0.717) is 30.7 Å². The van der Waals surface area contributed by atoms with Gasteiger partial charge in [0.15, 0.2) is 0 Å². The molecule has 0 spiro atoms. The summed E-state index contributed by atoms with van der Waals surface area (Å²) in [6.07, 6.45) is 15.9. The lowest BCUT2D eigenvalue weighted by molar-refractivity contribution is -0.0510. The Morgan fingerprint density at radius 3 is 2.36 bits per heavy atom. The maximum atomic E-state index is 12.5. The molecule has 2 unspecified atom stereocenters. The Bertz CT molecular complexity index is 1820. The molecule has 2 atom stereocenters. The summed E-state index contributed by atoms with van der Waals surface area (Å²) < 4.78 is 79.3. The molecule has 47 heavy (non-hydrogen) atoms. The number of allylic oxidation sites excluding steroid dienone is 2. The molecule has 4 heterocycles. The number of alkyl halides is 3. The molecule has 0 N–H and O–H groups in total. The van der Waals surface area contributed by atoms with Crippen molar-refractivity contribution >= 4 is 21.5 Å². The van der Waals surface area contributed by atoms with E-state index in [0.717, 1.165) is 62.8 Å². The van der Waals surface area contributed by atoms with E-state index in [2.05, 4.69) is 40.6 Å². The summed E-state index contributed by atoms with van der Waals surface area (Å²) in [5.41, 5.74) is 2.07. The van der Waals surface area contributed by atoms with Gasteiger partial charge in [0, 0.05) is 25.0 Å². The van der Waals surface area contributed by atoms with Crippen LogP contribution in [0.1, 0.15) is 103 Å². The van der Waals surface area contributed by atoms with E-state index in [1.165, 1.54) is 35.4 Å². The van der Waals surface area contributed by atoms with Crippen LogP contribution < -0.4 is 0 Å². The molecule has 2 aliphatic heterocycles. The average molecular weight is 672 g/mol. The Kier molecular flexibility index (Phi) is 9.59. The van der Waals surface area contributed by atoms with Gasteiger partial charge >= 0.3 is 15.6 Å². The number of fused-ring (bicyclic) bond motifs is 2. The van der Waals surface area contributed by atoms with Crippen LogP contribution in [0.15, 0.2) is 42.7 Å². The number of rotatable bonds is 5. The highest BCUT2D eigenvalue weighted by atomic mass is 32.2. The number of aryl methyl sites for hydroxylation is 2. The van der Waals surface area contributed by atoms with Gasteiger partial charge in [-0.1, -0.05) is 12.1 Å². The molecule has 250 valence electrons. The third-order valence-corrected chi connectivity index (χ3v) is 9.68. The zero-order valence-electron chi connectivity index (χ0n) is 26.0. The number of hydrogen-bond donors (Lipinski definition) is 0. The number of benzene rings is 1. The zero-order valence-corrected chi connectivity index (χ0v) is 26.8. The number of nitriles is 1. The van der Waals surface area contributed by atoms with E-state index in [-0.39, 0.29) is 23.8 Å². The fourth-order valence-corrected chi connectivity index (χ4v) is 6.86. The summed E-state index contributed by atoms with van der Waals surface area (Å²) in [7, 11) is -5.69. The van der Waals surface area contributed by atoms with Crippen molar-refractivity contribution < 1.29 is 35.2 Å². The molecule has 2 saturated heterocycles. The Balaban J connectivity index is 0.000000165. The molecule has 2 fully saturated rings. The molecule has 0 saturated carbocycles. The minimum atomic E-state index is -5.69. The lowest BCUT2D eigenvalue weighted by atomic mass is 9.89. The van der Waals surface area contributed by atoms with Gasteiger partial charge < -0.3 is 13.7 Å². The minimum absolute atomic E-state index is 0.0765. The number of halogens is 3. The van der Waals surface area contributed by atoms with E-state index in [1.807, 2.05) is 16.8 Å². The fourth-order valence-electron chi connectivity index (χ4n) is 6.37. The standard InChI is InChI=1S/C20H21N3O.C13H15F3N2O4S/c1-14-11-15(12-21)8-9-16(14)17-5-4-6-19-18(17)13-23(22-19)20-7-2-3-10-24-20;14-13(15,16)23(19,20)22-11-5-3-4-10-9(11)8-17-18(10)12-6-1-2-7-21-12/h5,8-9,11,13,20H,2-4,6-7,10H2,1H3;5,8,12H,1-4,6-7H2. The first-order valence-electron chi connectivity index (χ1n) is 15.9. The van der Waals surface area contributed by atoms with Gasteiger partial charge in [0.1, 0.15) is 18.2 Å². The first-order valence-corrected chi connectivity index (χ1v) is 17.3. The van der Waals surface area contributed by atoms with Crippen LogP contribution in [0, 0.1) is 18.3 Å². The van der Waals surface area contributed by atoms with Crippen LogP contribution in [0.4, 0.5) is 13.2 Å². The second-order valence-corrected chi connectivity index (χ2v) is 13.5. The Hall–Kier alpha value is -3.93. The number of hydrogen-bond acceptors (Lipinski definition) is 8. The first-order chi connectivity index (χ1) is 22.6. The van der Waals surface area contributed by atoms with Gasteiger partial charge in [-0.25, -0.2) is 9.36 Å². The van der Waals surface area contributed by atoms with Crippen LogP contribution in [-0.2, 0) is 36.6 Å². The van der Waals surface area contributed by atoms with E-state index in [1.54, 1.807) is 4.68 Å². The van der Waals surface area contributed by atoms with E-state index < -0.39 is 15.6 Å². The van der Waals surface area contributed by atoms with Crippen molar-refractivity contribution in [1.29, 1.82) is 5.26 Å². The van der Waals surface area contributed by atoms with Gasteiger partial charge in [-0.15, -0.1) is 0 Å². The van der Waals surface area contributed by atoms with Crippen LogP contribution in [0.25, 0.3) is 11.3 Å². The van der Waals surface area contributed by atoms with Gasteiger partial charge in [0.2, 0.25) is 0 Å². The number of ether oxygens (including phenoxy) is 2. The summed E-state index contributed by atoms with van der Waals surface area (Å²) in [6, 6.07) is 8.12. The Labute approximate surface area is 271 Å². The van der Waals surface area contributed by atoms with Crippen molar-refractivity contribution in [1.82, 2.24) is 19.6 Å². The first kappa shape index (κ1) is 33.0. The SMILES string of the molecule is Cc1cc(C#N)ccc1C1=CCCc2nn(C3CCCCO3)cc21.O=S(=O)(OC1=CCCc2c1cnn2C1CCCCO1)C(F)(F)F. The normalized spacial score (nSPS) is 21.3. The molecule has 0 bridgehead atoms. The summed E-state index contributed by atoms with van der Waals surface area (Å²) >= 11 is 0. The van der Waals surface area contributed by atoms with E-state index in [4.69, 9.17) is 19.8 Å². The second kappa shape index (κ2) is 13.7. The molecule has 2 aliphatic carbocycles. The van der Waals surface area contributed by atoms with E-state index >= 15 is 0 Å². The van der Waals surface area contributed by atoms with Crippen LogP contribution in [-0.4, -0.2) is 46.7 Å². The molecule has 14 heteroatoms. The van der Waals surface area contributed by atoms with Crippen LogP contribution in [0.2, 0.25) is 0 Å². The summed E-state index contributed by atoms with van der Waals surface area (Å²) in [6.45, 7) is 3.49. The van der Waals surface area contributed by atoms with Crippen molar-refractivity contribution in [2.45, 2.75) is 89.1 Å². The molecular weight excluding hydrogens is 635 g/mol. The van der Waals surface area contributed by atoms with Crippen LogP contribution in [0.3, 0.4) is 0 Å². The van der Waals surface area contributed by atoms with Crippen molar-refractivity contribution in [2.75, 3.05) is 13.2 Å². The Morgan fingerprint density at radius 2 is 1.70 bits per heavy atom. The van der Waals surface area contributed by atoms with Crippen molar-refractivity contribution in [2.24, 2.45) is 0 Å². The molecule has 7 rings (SSSR count). The van der Waals surface area contributed by atoms with E-state index in [9.17, 15) is 21.6 Å². The monoisotopic (exact) mass is 671 g/mol. The quantitative estimate of drug-likeness (QED) is 0.213. The molecule has 4 aliphatic rings. The predicted octanol–water partition coefficient (Wildman–Crippen LogP) is 6.88. The van der Waals surface area contributed by atoms with Gasteiger partial charge in [-0.2, -0.15) is 37.0 Å². The smallest absolute Gasteiger partial charge is 0.376 e. The van der Waals surface area contributed by atoms with Gasteiger partial charge in [0.25, 0.3) is 0 Å². The average Bonchev–Trinajstić information content (AvgIpc) is 3.71. The molecule has 3 aromatic rings. The summed E-state index contributed by atoms with van der Waals surface area (Å²) in [5.74, 6) is -0.328. The molecule has 1 aromatic carbocycles. The fraction of sp³-hybridized carbons (Fsp3) is 0.485. The molecule has 0 amide bonds.